The predicted molar refractivity (Wildman–Crippen MR) is 77.1 cm³/mol. The van der Waals surface area contributed by atoms with Gasteiger partial charge in [0.2, 0.25) is 10.0 Å². The van der Waals surface area contributed by atoms with E-state index < -0.39 is 16.1 Å². The average Bonchev–Trinajstić information content (AvgIpc) is 2.77. The van der Waals surface area contributed by atoms with E-state index in [-0.39, 0.29) is 11.5 Å². The SMILES string of the molecule is Cc1noc(C)c1C(C)NS(=O)(=O)c1cccc(CO)c1. The number of benzene rings is 1. The molecule has 0 saturated carbocycles. The van der Waals surface area contributed by atoms with Gasteiger partial charge in [-0.05, 0) is 38.5 Å². The summed E-state index contributed by atoms with van der Waals surface area (Å²) in [5, 5.41) is 12.9. The van der Waals surface area contributed by atoms with Crippen LogP contribution in [0, 0.1) is 13.8 Å². The molecule has 2 aromatic rings. The molecular weight excluding hydrogens is 292 g/mol. The summed E-state index contributed by atoms with van der Waals surface area (Å²) >= 11 is 0. The van der Waals surface area contributed by atoms with E-state index in [1.165, 1.54) is 12.1 Å². The van der Waals surface area contributed by atoms with Crippen LogP contribution in [0.3, 0.4) is 0 Å². The molecule has 0 aliphatic rings. The fourth-order valence-electron chi connectivity index (χ4n) is 2.28. The lowest BCUT2D eigenvalue weighted by Crippen LogP contribution is -2.27. The van der Waals surface area contributed by atoms with E-state index in [2.05, 4.69) is 9.88 Å². The van der Waals surface area contributed by atoms with Gasteiger partial charge in [-0.3, -0.25) is 0 Å². The highest BCUT2D eigenvalue weighted by atomic mass is 32.2. The largest absolute Gasteiger partial charge is 0.392 e. The smallest absolute Gasteiger partial charge is 0.241 e. The molecule has 1 aromatic heterocycles. The number of nitrogens with one attached hydrogen (secondary N) is 1. The van der Waals surface area contributed by atoms with E-state index in [4.69, 9.17) is 9.63 Å². The van der Waals surface area contributed by atoms with Crippen molar-refractivity contribution in [1.82, 2.24) is 9.88 Å². The zero-order chi connectivity index (χ0) is 15.6. The molecule has 0 aliphatic heterocycles. The quantitative estimate of drug-likeness (QED) is 0.879. The normalized spacial score (nSPS) is 13.3. The summed E-state index contributed by atoms with van der Waals surface area (Å²) in [5.74, 6) is 0.590. The molecule has 0 aliphatic carbocycles. The van der Waals surface area contributed by atoms with Crippen molar-refractivity contribution < 1.29 is 18.0 Å². The van der Waals surface area contributed by atoms with Crippen LogP contribution < -0.4 is 4.72 Å². The summed E-state index contributed by atoms with van der Waals surface area (Å²) in [6.45, 7) is 5.04. The van der Waals surface area contributed by atoms with Crippen LogP contribution in [-0.4, -0.2) is 18.7 Å². The number of rotatable bonds is 5. The minimum atomic E-state index is -3.68. The Morgan fingerprint density at radius 3 is 2.67 bits per heavy atom. The van der Waals surface area contributed by atoms with Crippen LogP contribution in [0.2, 0.25) is 0 Å². The average molecular weight is 310 g/mol. The summed E-state index contributed by atoms with van der Waals surface area (Å²) in [6.07, 6.45) is 0. The number of aryl methyl sites for hydroxylation is 2. The molecule has 0 fully saturated rings. The molecular formula is C14H18N2O4S. The van der Waals surface area contributed by atoms with Crippen LogP contribution in [0.15, 0.2) is 33.7 Å². The molecule has 1 aromatic carbocycles. The molecule has 0 spiro atoms. The molecule has 114 valence electrons. The third-order valence-corrected chi connectivity index (χ3v) is 4.78. The Morgan fingerprint density at radius 1 is 1.38 bits per heavy atom. The standard InChI is InChI=1S/C14H18N2O4S/c1-9-14(11(3)20-15-9)10(2)16-21(18,19)13-6-4-5-12(7-13)8-17/h4-7,10,16-17H,8H2,1-3H3. The summed E-state index contributed by atoms with van der Waals surface area (Å²) in [5.41, 5.74) is 1.94. The zero-order valence-electron chi connectivity index (χ0n) is 12.1. The van der Waals surface area contributed by atoms with Gasteiger partial charge >= 0.3 is 0 Å². The number of nitrogens with zero attached hydrogens (tertiary/aromatic N) is 1. The third-order valence-electron chi connectivity index (χ3n) is 3.24. The maximum absolute atomic E-state index is 12.4. The number of hydrogen-bond donors (Lipinski definition) is 2. The summed E-state index contributed by atoms with van der Waals surface area (Å²) in [4.78, 5) is 0.118. The van der Waals surface area contributed by atoms with Crippen molar-refractivity contribution in [3.8, 4) is 0 Å². The van der Waals surface area contributed by atoms with Crippen LogP contribution in [0.1, 0.15) is 35.5 Å². The van der Waals surface area contributed by atoms with Gasteiger partial charge in [-0.25, -0.2) is 13.1 Å². The van der Waals surface area contributed by atoms with Crippen LogP contribution in [-0.2, 0) is 16.6 Å². The molecule has 1 unspecified atom stereocenters. The minimum absolute atomic E-state index is 0.118. The highest BCUT2D eigenvalue weighted by Crippen LogP contribution is 2.23. The Hall–Kier alpha value is -1.70. The molecule has 2 rings (SSSR count). The van der Waals surface area contributed by atoms with Gasteiger partial charge < -0.3 is 9.63 Å². The summed E-state index contributed by atoms with van der Waals surface area (Å²) < 4.78 is 32.4. The van der Waals surface area contributed by atoms with E-state index in [1.807, 2.05) is 0 Å². The highest BCUT2D eigenvalue weighted by Gasteiger charge is 2.23. The summed E-state index contributed by atoms with van der Waals surface area (Å²) in [6, 6.07) is 5.74. The second kappa shape index (κ2) is 5.97. The fraction of sp³-hybridized carbons (Fsp3) is 0.357. The van der Waals surface area contributed by atoms with Gasteiger partial charge in [0.15, 0.2) is 0 Å². The maximum Gasteiger partial charge on any atom is 0.241 e. The number of sulfonamides is 1. The zero-order valence-corrected chi connectivity index (χ0v) is 12.9. The lowest BCUT2D eigenvalue weighted by Gasteiger charge is -2.14. The number of aliphatic hydroxyl groups is 1. The second-order valence-electron chi connectivity index (χ2n) is 4.89. The molecule has 2 N–H and O–H groups in total. The first-order valence-corrected chi connectivity index (χ1v) is 7.98. The van der Waals surface area contributed by atoms with Crippen molar-refractivity contribution in [3.05, 3.63) is 46.8 Å². The van der Waals surface area contributed by atoms with Gasteiger partial charge in [-0.1, -0.05) is 17.3 Å². The summed E-state index contributed by atoms with van der Waals surface area (Å²) in [7, 11) is -3.68. The number of aromatic nitrogens is 1. The highest BCUT2D eigenvalue weighted by molar-refractivity contribution is 7.89. The van der Waals surface area contributed by atoms with Crippen molar-refractivity contribution >= 4 is 10.0 Å². The molecule has 0 bridgehead atoms. The first-order chi connectivity index (χ1) is 9.85. The molecule has 0 amide bonds. The van der Waals surface area contributed by atoms with Gasteiger partial charge in [-0.15, -0.1) is 0 Å². The molecule has 6 nitrogen and oxygen atoms in total. The first kappa shape index (κ1) is 15.7. The van der Waals surface area contributed by atoms with Crippen LogP contribution in [0.5, 0.6) is 0 Å². The van der Waals surface area contributed by atoms with Crippen molar-refractivity contribution in [3.63, 3.8) is 0 Å². The van der Waals surface area contributed by atoms with Crippen LogP contribution in [0.4, 0.5) is 0 Å². The van der Waals surface area contributed by atoms with Crippen molar-refractivity contribution in [1.29, 1.82) is 0 Å². The Bertz CT molecular complexity index is 718. The number of hydrogen-bond acceptors (Lipinski definition) is 5. The van der Waals surface area contributed by atoms with Crippen LogP contribution in [0.25, 0.3) is 0 Å². The molecule has 7 heteroatoms. The molecule has 1 atom stereocenters. The second-order valence-corrected chi connectivity index (χ2v) is 6.60. The molecule has 21 heavy (non-hydrogen) atoms. The van der Waals surface area contributed by atoms with E-state index in [0.717, 1.165) is 5.56 Å². The van der Waals surface area contributed by atoms with Crippen molar-refractivity contribution in [2.45, 2.75) is 38.3 Å². The van der Waals surface area contributed by atoms with E-state index in [9.17, 15) is 8.42 Å². The van der Waals surface area contributed by atoms with E-state index in [0.29, 0.717) is 17.0 Å². The van der Waals surface area contributed by atoms with Gasteiger partial charge in [-0.2, -0.15) is 0 Å². The number of aliphatic hydroxyl groups excluding tert-OH is 1. The molecule has 0 radical (unpaired) electrons. The Labute approximate surface area is 123 Å². The van der Waals surface area contributed by atoms with Crippen molar-refractivity contribution in [2.24, 2.45) is 0 Å². The van der Waals surface area contributed by atoms with E-state index >= 15 is 0 Å². The lowest BCUT2D eigenvalue weighted by molar-refractivity contribution is 0.281. The van der Waals surface area contributed by atoms with Gasteiger partial charge in [0, 0.05) is 11.6 Å². The minimum Gasteiger partial charge on any atom is -0.392 e. The molecule has 0 saturated heterocycles. The van der Waals surface area contributed by atoms with Gasteiger partial charge in [0.05, 0.1) is 17.2 Å². The Kier molecular flexibility index (Phi) is 4.46. The maximum atomic E-state index is 12.4. The predicted octanol–water partition coefficient (Wildman–Crippen LogP) is 1.82. The third kappa shape index (κ3) is 3.31. The Morgan fingerprint density at radius 2 is 2.10 bits per heavy atom. The van der Waals surface area contributed by atoms with E-state index in [1.54, 1.807) is 32.9 Å². The topological polar surface area (TPSA) is 92.4 Å². The van der Waals surface area contributed by atoms with Crippen molar-refractivity contribution in [2.75, 3.05) is 0 Å². The first-order valence-electron chi connectivity index (χ1n) is 6.50. The lowest BCUT2D eigenvalue weighted by atomic mass is 10.1. The fourth-order valence-corrected chi connectivity index (χ4v) is 3.56. The molecule has 1 heterocycles. The van der Waals surface area contributed by atoms with Gasteiger partial charge in [0.1, 0.15) is 5.76 Å². The van der Waals surface area contributed by atoms with Crippen LogP contribution >= 0.6 is 0 Å². The Balaban J connectivity index is 2.29. The monoisotopic (exact) mass is 310 g/mol. The van der Waals surface area contributed by atoms with Gasteiger partial charge in [0.25, 0.3) is 0 Å².